The third-order valence-electron chi connectivity index (χ3n) is 2.35. The summed E-state index contributed by atoms with van der Waals surface area (Å²) in [4.78, 5) is 11.4. The molecular weight excluding hydrogens is 188 g/mol. The summed E-state index contributed by atoms with van der Waals surface area (Å²) in [6.45, 7) is 3.75. The van der Waals surface area contributed by atoms with E-state index in [1.807, 2.05) is 30.3 Å². The number of benzene rings is 1. The Labute approximate surface area is 88.7 Å². The van der Waals surface area contributed by atoms with Gasteiger partial charge in [-0.15, -0.1) is 0 Å². The number of carbonyl (C=O) groups is 1. The molecule has 0 N–H and O–H groups in total. The zero-order valence-corrected chi connectivity index (χ0v) is 8.60. The van der Waals surface area contributed by atoms with E-state index >= 15 is 0 Å². The highest BCUT2D eigenvalue weighted by molar-refractivity contribution is 6.10. The molecule has 1 amide bonds. The fourth-order valence-electron chi connectivity index (χ4n) is 1.56. The highest BCUT2D eigenvalue weighted by Gasteiger charge is 2.21. The molecule has 0 aliphatic carbocycles. The van der Waals surface area contributed by atoms with Gasteiger partial charge in [-0.05, 0) is 5.56 Å². The van der Waals surface area contributed by atoms with Crippen LogP contribution in [0.4, 0.5) is 0 Å². The maximum absolute atomic E-state index is 11.4. The summed E-state index contributed by atoms with van der Waals surface area (Å²) in [6.07, 6.45) is 0.535. The summed E-state index contributed by atoms with van der Waals surface area (Å²) in [5.74, 6) is -0.102. The molecule has 3 heteroatoms. The number of amides is 1. The molecule has 1 aliphatic heterocycles. The number of hydrazone groups is 1. The maximum atomic E-state index is 11.4. The van der Waals surface area contributed by atoms with Crippen LogP contribution in [0.3, 0.4) is 0 Å². The van der Waals surface area contributed by atoms with Gasteiger partial charge in [0.05, 0.1) is 5.71 Å². The monoisotopic (exact) mass is 200 g/mol. The van der Waals surface area contributed by atoms with E-state index < -0.39 is 0 Å². The zero-order chi connectivity index (χ0) is 10.8. The standard InChI is InChI=1S/C12H12N2O/c1-9-8-11(13-14(2)12(9)15)10-6-4-3-5-7-10/h3-7H,1,8H2,2H3. The normalized spacial score (nSPS) is 16.6. The summed E-state index contributed by atoms with van der Waals surface area (Å²) in [6, 6.07) is 9.83. The van der Waals surface area contributed by atoms with Crippen LogP contribution in [0.25, 0.3) is 0 Å². The van der Waals surface area contributed by atoms with Gasteiger partial charge in [0.15, 0.2) is 0 Å². The lowest BCUT2D eigenvalue weighted by molar-refractivity contribution is -0.126. The maximum Gasteiger partial charge on any atom is 0.269 e. The number of likely N-dealkylation sites (N-methyl/N-ethyl adjacent to an activating group) is 1. The molecule has 3 nitrogen and oxygen atoms in total. The molecule has 1 aliphatic rings. The van der Waals surface area contributed by atoms with Crippen molar-refractivity contribution >= 4 is 11.6 Å². The first-order valence-corrected chi connectivity index (χ1v) is 4.77. The van der Waals surface area contributed by atoms with E-state index in [1.165, 1.54) is 5.01 Å². The van der Waals surface area contributed by atoms with E-state index in [0.29, 0.717) is 12.0 Å². The van der Waals surface area contributed by atoms with Gasteiger partial charge in [0, 0.05) is 19.0 Å². The van der Waals surface area contributed by atoms with E-state index in [2.05, 4.69) is 11.7 Å². The molecular formula is C12H12N2O. The van der Waals surface area contributed by atoms with Crippen molar-refractivity contribution in [3.63, 3.8) is 0 Å². The van der Waals surface area contributed by atoms with Crippen LogP contribution in [-0.4, -0.2) is 23.7 Å². The first kappa shape index (κ1) is 9.65. The minimum Gasteiger partial charge on any atom is -0.268 e. The molecule has 0 aromatic heterocycles. The van der Waals surface area contributed by atoms with Crippen LogP contribution in [-0.2, 0) is 4.79 Å². The molecule has 0 atom stereocenters. The fraction of sp³-hybridized carbons (Fsp3) is 0.167. The molecule has 0 unspecified atom stereocenters. The Bertz CT molecular complexity index is 434. The third-order valence-corrected chi connectivity index (χ3v) is 2.35. The summed E-state index contributed by atoms with van der Waals surface area (Å²) in [5.41, 5.74) is 2.52. The SMILES string of the molecule is C=C1CC(c2ccccc2)=NN(C)C1=O. The molecule has 0 saturated carbocycles. The van der Waals surface area contributed by atoms with Crippen molar-refractivity contribution in [1.29, 1.82) is 0 Å². The van der Waals surface area contributed by atoms with Gasteiger partial charge < -0.3 is 0 Å². The van der Waals surface area contributed by atoms with Crippen LogP contribution in [0.5, 0.6) is 0 Å². The Morgan fingerprint density at radius 3 is 2.60 bits per heavy atom. The van der Waals surface area contributed by atoms with Gasteiger partial charge in [-0.1, -0.05) is 36.9 Å². The second-order valence-electron chi connectivity index (χ2n) is 3.52. The van der Waals surface area contributed by atoms with E-state index in [1.54, 1.807) is 7.05 Å². The molecule has 15 heavy (non-hydrogen) atoms. The van der Waals surface area contributed by atoms with Gasteiger partial charge >= 0.3 is 0 Å². The molecule has 0 fully saturated rings. The minimum absolute atomic E-state index is 0.102. The number of nitrogens with zero attached hydrogens (tertiary/aromatic N) is 2. The lowest BCUT2D eigenvalue weighted by Crippen LogP contribution is -2.30. The van der Waals surface area contributed by atoms with Crippen molar-refractivity contribution < 1.29 is 4.79 Å². The van der Waals surface area contributed by atoms with Crippen LogP contribution in [0.1, 0.15) is 12.0 Å². The second kappa shape index (κ2) is 3.69. The second-order valence-corrected chi connectivity index (χ2v) is 3.52. The summed E-state index contributed by atoms with van der Waals surface area (Å²) >= 11 is 0. The summed E-state index contributed by atoms with van der Waals surface area (Å²) in [7, 11) is 1.65. The lowest BCUT2D eigenvalue weighted by atomic mass is 10.0. The molecule has 0 radical (unpaired) electrons. The van der Waals surface area contributed by atoms with Crippen molar-refractivity contribution in [2.24, 2.45) is 5.10 Å². The number of hydrogen-bond donors (Lipinski definition) is 0. The van der Waals surface area contributed by atoms with Crippen LogP contribution >= 0.6 is 0 Å². The predicted octanol–water partition coefficient (Wildman–Crippen LogP) is 1.81. The van der Waals surface area contributed by atoms with E-state index in [-0.39, 0.29) is 5.91 Å². The first-order valence-electron chi connectivity index (χ1n) is 4.77. The average Bonchev–Trinajstić information content (AvgIpc) is 2.26. The van der Waals surface area contributed by atoms with E-state index in [4.69, 9.17) is 0 Å². The van der Waals surface area contributed by atoms with Crippen molar-refractivity contribution in [2.75, 3.05) is 7.05 Å². The van der Waals surface area contributed by atoms with Crippen molar-refractivity contribution in [3.8, 4) is 0 Å². The quantitative estimate of drug-likeness (QED) is 0.636. The number of hydrogen-bond acceptors (Lipinski definition) is 2. The topological polar surface area (TPSA) is 32.7 Å². The van der Waals surface area contributed by atoms with Gasteiger partial charge in [-0.3, -0.25) is 4.79 Å². The van der Waals surface area contributed by atoms with Crippen molar-refractivity contribution in [3.05, 3.63) is 48.0 Å². The Kier molecular flexibility index (Phi) is 2.37. The average molecular weight is 200 g/mol. The smallest absolute Gasteiger partial charge is 0.268 e. The molecule has 1 aromatic carbocycles. The summed E-state index contributed by atoms with van der Waals surface area (Å²) < 4.78 is 0. The Morgan fingerprint density at radius 2 is 2.00 bits per heavy atom. The van der Waals surface area contributed by atoms with Crippen molar-refractivity contribution in [2.45, 2.75) is 6.42 Å². The Morgan fingerprint density at radius 1 is 1.33 bits per heavy atom. The molecule has 0 spiro atoms. The third kappa shape index (κ3) is 1.81. The van der Waals surface area contributed by atoms with Crippen LogP contribution in [0.2, 0.25) is 0 Å². The highest BCUT2D eigenvalue weighted by atomic mass is 16.2. The van der Waals surface area contributed by atoms with Crippen LogP contribution < -0.4 is 0 Å². The zero-order valence-electron chi connectivity index (χ0n) is 8.60. The minimum atomic E-state index is -0.102. The molecule has 0 bridgehead atoms. The highest BCUT2D eigenvalue weighted by Crippen LogP contribution is 2.16. The molecule has 2 rings (SSSR count). The van der Waals surface area contributed by atoms with Gasteiger partial charge in [-0.2, -0.15) is 5.10 Å². The van der Waals surface area contributed by atoms with Crippen LogP contribution in [0.15, 0.2) is 47.6 Å². The molecule has 1 aromatic rings. The lowest BCUT2D eigenvalue weighted by Gasteiger charge is -2.21. The predicted molar refractivity (Wildman–Crippen MR) is 59.5 cm³/mol. The Balaban J connectivity index is 2.36. The van der Waals surface area contributed by atoms with Gasteiger partial charge in [0.2, 0.25) is 0 Å². The molecule has 0 saturated heterocycles. The first-order chi connectivity index (χ1) is 7.18. The molecule has 1 heterocycles. The molecule has 76 valence electrons. The number of carbonyl (C=O) groups excluding carboxylic acids is 1. The van der Waals surface area contributed by atoms with Crippen LogP contribution in [0, 0.1) is 0 Å². The van der Waals surface area contributed by atoms with Crippen molar-refractivity contribution in [1.82, 2.24) is 5.01 Å². The fourth-order valence-corrected chi connectivity index (χ4v) is 1.56. The van der Waals surface area contributed by atoms with Gasteiger partial charge in [0.25, 0.3) is 5.91 Å². The largest absolute Gasteiger partial charge is 0.269 e. The Hall–Kier alpha value is -1.90. The van der Waals surface area contributed by atoms with E-state index in [0.717, 1.165) is 11.3 Å². The van der Waals surface area contributed by atoms with Gasteiger partial charge in [-0.25, -0.2) is 5.01 Å². The van der Waals surface area contributed by atoms with Gasteiger partial charge in [0.1, 0.15) is 0 Å². The number of rotatable bonds is 1. The van der Waals surface area contributed by atoms with E-state index in [9.17, 15) is 4.79 Å². The summed E-state index contributed by atoms with van der Waals surface area (Å²) in [5, 5.41) is 5.56.